The molecule has 1 fully saturated rings. The van der Waals surface area contributed by atoms with E-state index in [4.69, 9.17) is 4.74 Å². The molecule has 2 aromatic rings. The third-order valence-corrected chi connectivity index (χ3v) is 7.93. The number of urea groups is 2. The van der Waals surface area contributed by atoms with Gasteiger partial charge in [0.1, 0.15) is 6.04 Å². The number of esters is 1. The third-order valence-electron chi connectivity index (χ3n) is 7.93. The molecule has 1 unspecified atom stereocenters. The molecule has 4 amide bonds. The fourth-order valence-electron chi connectivity index (χ4n) is 5.71. The largest absolute Gasteiger partial charge is 0.478 e. The number of aliphatic carboxylic acids is 1. The average Bonchev–Trinajstić information content (AvgIpc) is 3.00. The van der Waals surface area contributed by atoms with E-state index in [2.05, 4.69) is 15.5 Å². The molecule has 12 heteroatoms. The van der Waals surface area contributed by atoms with E-state index in [0.717, 1.165) is 23.8 Å². The summed E-state index contributed by atoms with van der Waals surface area (Å²) in [6, 6.07) is 9.10. The average molecular weight is 585 g/mol. The second kappa shape index (κ2) is 13.1. The van der Waals surface area contributed by atoms with Crippen molar-refractivity contribution >= 4 is 24.0 Å². The van der Waals surface area contributed by atoms with E-state index in [9.17, 15) is 33.1 Å². The van der Waals surface area contributed by atoms with Crippen LogP contribution in [0.3, 0.4) is 0 Å². The van der Waals surface area contributed by atoms with Crippen LogP contribution < -0.4 is 10.6 Å². The summed E-state index contributed by atoms with van der Waals surface area (Å²) in [4.78, 5) is 54.0. The molecule has 0 aliphatic carbocycles. The number of amides is 4. The smallest absolute Gasteiger partial charge is 0.335 e. The molecule has 2 aromatic carbocycles. The summed E-state index contributed by atoms with van der Waals surface area (Å²) in [5.74, 6) is -4.04. The Hall–Kier alpha value is -4.32. The SMILES string of the molecule is CCC1=C(C(=O)O)C(c2ccc(F)c(F)c2)N(C(=O)NCCCN2CCC(C(=O)OC)(c3ccccc3)CC2)C(=O)N1. The minimum Gasteiger partial charge on any atom is -0.478 e. The Morgan fingerprint density at radius 3 is 2.38 bits per heavy atom. The van der Waals surface area contributed by atoms with Crippen LogP contribution in [-0.4, -0.2) is 72.2 Å². The van der Waals surface area contributed by atoms with Crippen LogP contribution in [-0.2, 0) is 19.7 Å². The van der Waals surface area contributed by atoms with Crippen LogP contribution in [0.25, 0.3) is 0 Å². The van der Waals surface area contributed by atoms with Crippen molar-refractivity contribution in [1.82, 2.24) is 20.4 Å². The van der Waals surface area contributed by atoms with Crippen LogP contribution in [0.1, 0.15) is 49.8 Å². The number of halogens is 2. The van der Waals surface area contributed by atoms with E-state index in [1.165, 1.54) is 7.11 Å². The summed E-state index contributed by atoms with van der Waals surface area (Å²) in [6.45, 7) is 3.67. The van der Waals surface area contributed by atoms with Crippen molar-refractivity contribution in [2.75, 3.05) is 33.3 Å². The van der Waals surface area contributed by atoms with Gasteiger partial charge < -0.3 is 25.4 Å². The van der Waals surface area contributed by atoms with Crippen LogP contribution in [0.5, 0.6) is 0 Å². The summed E-state index contributed by atoms with van der Waals surface area (Å²) in [5.41, 5.74) is -0.0820. The van der Waals surface area contributed by atoms with Crippen LogP contribution in [0, 0.1) is 11.6 Å². The molecule has 0 spiro atoms. The number of carboxylic acids is 1. The monoisotopic (exact) mass is 584 g/mol. The van der Waals surface area contributed by atoms with Gasteiger partial charge in [0.25, 0.3) is 0 Å². The number of carbonyl (C=O) groups excluding carboxylic acids is 3. The molecule has 2 aliphatic rings. The van der Waals surface area contributed by atoms with E-state index in [1.807, 2.05) is 30.3 Å². The quantitative estimate of drug-likeness (QED) is 0.299. The van der Waals surface area contributed by atoms with Gasteiger partial charge in [-0.25, -0.2) is 28.1 Å². The maximum absolute atomic E-state index is 14.1. The number of benzene rings is 2. The number of imide groups is 1. The van der Waals surface area contributed by atoms with Crippen molar-refractivity contribution in [1.29, 1.82) is 0 Å². The summed E-state index contributed by atoms with van der Waals surface area (Å²) in [5, 5.41) is 15.0. The molecule has 4 rings (SSSR count). The number of nitrogens with zero attached hydrogens (tertiary/aromatic N) is 2. The molecule has 2 heterocycles. The van der Waals surface area contributed by atoms with Gasteiger partial charge in [0.05, 0.1) is 18.1 Å². The van der Waals surface area contributed by atoms with Gasteiger partial charge in [-0.05, 0) is 68.6 Å². The van der Waals surface area contributed by atoms with Gasteiger partial charge in [-0.3, -0.25) is 4.79 Å². The van der Waals surface area contributed by atoms with Crippen molar-refractivity contribution in [2.24, 2.45) is 0 Å². The number of nitrogens with one attached hydrogen (secondary N) is 2. The number of hydrogen-bond acceptors (Lipinski definition) is 6. The van der Waals surface area contributed by atoms with Crippen molar-refractivity contribution in [3.05, 3.63) is 82.6 Å². The number of carboxylic acid groups (broad SMARTS) is 1. The number of methoxy groups -OCH3 is 1. The number of hydrogen-bond donors (Lipinski definition) is 3. The van der Waals surface area contributed by atoms with E-state index in [1.54, 1.807) is 6.92 Å². The highest BCUT2D eigenvalue weighted by atomic mass is 19.2. The zero-order valence-corrected chi connectivity index (χ0v) is 23.5. The summed E-state index contributed by atoms with van der Waals surface area (Å²) in [6.07, 6.45) is 1.80. The first-order valence-corrected chi connectivity index (χ1v) is 13.8. The molecule has 224 valence electrons. The van der Waals surface area contributed by atoms with Gasteiger partial charge in [-0.15, -0.1) is 0 Å². The molecule has 0 radical (unpaired) electrons. The van der Waals surface area contributed by atoms with Gasteiger partial charge in [0, 0.05) is 12.2 Å². The molecular formula is C30H34F2N4O6. The molecule has 0 bridgehead atoms. The van der Waals surface area contributed by atoms with Crippen molar-refractivity contribution in [3.63, 3.8) is 0 Å². The van der Waals surface area contributed by atoms with Crippen LogP contribution in [0.4, 0.5) is 18.4 Å². The molecule has 1 atom stereocenters. The highest BCUT2D eigenvalue weighted by Gasteiger charge is 2.44. The van der Waals surface area contributed by atoms with Gasteiger partial charge in [0.15, 0.2) is 11.6 Å². The number of piperidine rings is 1. The fraction of sp³-hybridized carbons (Fsp3) is 0.400. The zero-order chi connectivity index (χ0) is 30.4. The number of carbonyl (C=O) groups is 4. The van der Waals surface area contributed by atoms with Gasteiger partial charge in [-0.2, -0.15) is 0 Å². The molecule has 10 nitrogen and oxygen atoms in total. The maximum atomic E-state index is 14.1. The van der Waals surface area contributed by atoms with Crippen LogP contribution >= 0.6 is 0 Å². The second-order valence-electron chi connectivity index (χ2n) is 10.3. The zero-order valence-electron chi connectivity index (χ0n) is 23.5. The Balaban J connectivity index is 1.41. The van der Waals surface area contributed by atoms with Crippen LogP contribution in [0.2, 0.25) is 0 Å². The molecular weight excluding hydrogens is 550 g/mol. The van der Waals surface area contributed by atoms with Crippen LogP contribution in [0.15, 0.2) is 59.8 Å². The van der Waals surface area contributed by atoms with Gasteiger partial charge >= 0.3 is 24.0 Å². The second-order valence-corrected chi connectivity index (χ2v) is 10.3. The van der Waals surface area contributed by atoms with Gasteiger partial charge in [-0.1, -0.05) is 43.3 Å². The number of likely N-dealkylation sites (tertiary alicyclic amines) is 1. The lowest BCUT2D eigenvalue weighted by atomic mass is 9.72. The minimum absolute atomic E-state index is 0.0527. The molecule has 0 aromatic heterocycles. The maximum Gasteiger partial charge on any atom is 0.335 e. The van der Waals surface area contributed by atoms with Crippen molar-refractivity contribution in [2.45, 2.75) is 44.1 Å². The first-order chi connectivity index (χ1) is 20.1. The van der Waals surface area contributed by atoms with E-state index >= 15 is 0 Å². The lowest BCUT2D eigenvalue weighted by molar-refractivity contribution is -0.149. The summed E-state index contributed by atoms with van der Waals surface area (Å²) in [7, 11) is 1.39. The normalized spacial score (nSPS) is 18.8. The molecule has 2 aliphatic heterocycles. The Morgan fingerprint density at radius 1 is 1.10 bits per heavy atom. The molecule has 42 heavy (non-hydrogen) atoms. The summed E-state index contributed by atoms with van der Waals surface area (Å²) >= 11 is 0. The molecule has 3 N–H and O–H groups in total. The molecule has 1 saturated heterocycles. The highest BCUT2D eigenvalue weighted by molar-refractivity contribution is 6.01. The first kappa shape index (κ1) is 30.6. The Labute approximate surface area is 242 Å². The lowest BCUT2D eigenvalue weighted by Crippen LogP contribution is -2.54. The van der Waals surface area contributed by atoms with Crippen molar-refractivity contribution < 1.29 is 37.8 Å². The Bertz CT molecular complexity index is 1380. The minimum atomic E-state index is -1.46. The standard InChI is InChI=1S/C30H34F2N4O6/c1-3-23-24(26(37)38)25(19-10-11-21(31)22(32)18-19)36(29(41)34-23)28(40)33-14-7-15-35-16-12-30(13-17-35,27(39)42-2)20-8-5-4-6-9-20/h4-6,8-11,18,25H,3,7,12-17H2,1-2H3,(H,33,40)(H,34,41)(H,37,38). The number of allylic oxidation sites excluding steroid dienone is 1. The summed E-state index contributed by atoms with van der Waals surface area (Å²) < 4.78 is 32.9. The van der Waals surface area contributed by atoms with Gasteiger partial charge in [0.2, 0.25) is 0 Å². The predicted molar refractivity (Wildman–Crippen MR) is 148 cm³/mol. The van der Waals surface area contributed by atoms with Crippen molar-refractivity contribution in [3.8, 4) is 0 Å². The van der Waals surface area contributed by atoms with E-state index in [0.29, 0.717) is 43.8 Å². The predicted octanol–water partition coefficient (Wildman–Crippen LogP) is 4.09. The van der Waals surface area contributed by atoms with E-state index < -0.39 is 41.1 Å². The first-order valence-electron chi connectivity index (χ1n) is 13.8. The number of rotatable bonds is 9. The lowest BCUT2D eigenvalue weighted by Gasteiger charge is -2.40. The highest BCUT2D eigenvalue weighted by Crippen LogP contribution is 2.37. The fourth-order valence-corrected chi connectivity index (χ4v) is 5.71. The number of ether oxygens (including phenoxy) is 1. The third kappa shape index (κ3) is 6.13. The Kier molecular flexibility index (Phi) is 9.56. The van der Waals surface area contributed by atoms with E-state index in [-0.39, 0.29) is 35.8 Å². The molecule has 0 saturated carbocycles. The Morgan fingerprint density at radius 2 is 1.79 bits per heavy atom. The topological polar surface area (TPSA) is 128 Å².